The maximum absolute atomic E-state index is 12.5. The van der Waals surface area contributed by atoms with Crippen LogP contribution in [0.4, 0.5) is 0 Å². The van der Waals surface area contributed by atoms with Crippen LogP contribution in [0.25, 0.3) is 0 Å². The minimum absolute atomic E-state index is 0.0834. The quantitative estimate of drug-likeness (QED) is 0.682. The third kappa shape index (κ3) is 4.46. The summed E-state index contributed by atoms with van der Waals surface area (Å²) < 4.78 is 0. The second kappa shape index (κ2) is 8.31. The zero-order valence-corrected chi connectivity index (χ0v) is 13.9. The molecule has 0 aliphatic heterocycles. The first-order valence-electron chi connectivity index (χ1n) is 7.77. The number of benzene rings is 2. The molecule has 0 bridgehead atoms. The highest BCUT2D eigenvalue weighted by molar-refractivity contribution is 7.99. The van der Waals surface area contributed by atoms with Gasteiger partial charge in [-0.1, -0.05) is 42.5 Å². The van der Waals surface area contributed by atoms with Crippen LogP contribution in [0.2, 0.25) is 0 Å². The van der Waals surface area contributed by atoms with Gasteiger partial charge in [-0.3, -0.25) is 9.78 Å². The summed E-state index contributed by atoms with van der Waals surface area (Å²) in [7, 11) is 0. The molecule has 0 radical (unpaired) electrons. The number of rotatable bonds is 6. The summed E-state index contributed by atoms with van der Waals surface area (Å²) in [5, 5.41) is 3.10. The topological polar surface area (TPSA) is 42.0 Å². The predicted molar refractivity (Wildman–Crippen MR) is 98.1 cm³/mol. The Bertz CT molecular complexity index is 763. The van der Waals surface area contributed by atoms with E-state index >= 15 is 0 Å². The molecular formula is C20H18N2OS. The fourth-order valence-corrected chi connectivity index (χ4v) is 3.27. The van der Waals surface area contributed by atoms with Crippen molar-refractivity contribution < 1.29 is 4.79 Å². The summed E-state index contributed by atoms with van der Waals surface area (Å²) in [6.45, 7) is 0. The molecule has 3 aromatic rings. The fourth-order valence-electron chi connectivity index (χ4n) is 2.31. The molecule has 0 saturated carbocycles. The maximum Gasteiger partial charge on any atom is 0.251 e. The molecule has 1 atom stereocenters. The zero-order valence-electron chi connectivity index (χ0n) is 13.1. The molecule has 4 heteroatoms. The first-order chi connectivity index (χ1) is 11.8. The van der Waals surface area contributed by atoms with Crippen LogP contribution in [0.15, 0.2) is 90.0 Å². The number of thioether (sulfide) groups is 1. The molecule has 1 heterocycles. The second-order valence-corrected chi connectivity index (χ2v) is 6.36. The number of pyridine rings is 1. The Labute approximate surface area is 146 Å². The third-order valence-electron chi connectivity index (χ3n) is 3.55. The molecular weight excluding hydrogens is 316 g/mol. The summed E-state index contributed by atoms with van der Waals surface area (Å²) in [5.41, 5.74) is 1.52. The van der Waals surface area contributed by atoms with Gasteiger partial charge in [0.25, 0.3) is 5.91 Å². The SMILES string of the molecule is O=C(N[C@@H](CSc1ccccc1)c1ccccn1)c1ccccc1. The van der Waals surface area contributed by atoms with Crippen LogP contribution in [-0.4, -0.2) is 16.6 Å². The zero-order chi connectivity index (χ0) is 16.6. The lowest BCUT2D eigenvalue weighted by Crippen LogP contribution is -2.30. The van der Waals surface area contributed by atoms with E-state index in [4.69, 9.17) is 0 Å². The predicted octanol–water partition coefficient (Wildman–Crippen LogP) is 4.35. The number of nitrogens with zero attached hydrogens (tertiary/aromatic N) is 1. The largest absolute Gasteiger partial charge is 0.343 e. The van der Waals surface area contributed by atoms with Gasteiger partial charge < -0.3 is 5.32 Å². The Morgan fingerprint density at radius 2 is 1.58 bits per heavy atom. The number of nitrogens with one attached hydrogen (secondary N) is 1. The van der Waals surface area contributed by atoms with Crippen LogP contribution in [-0.2, 0) is 0 Å². The Hall–Kier alpha value is -2.59. The van der Waals surface area contributed by atoms with Gasteiger partial charge in [0, 0.05) is 22.4 Å². The van der Waals surface area contributed by atoms with Crippen molar-refractivity contribution in [3.05, 3.63) is 96.3 Å². The molecule has 1 N–H and O–H groups in total. The van der Waals surface area contributed by atoms with Gasteiger partial charge in [-0.25, -0.2) is 0 Å². The van der Waals surface area contributed by atoms with E-state index in [1.165, 1.54) is 4.90 Å². The molecule has 1 aromatic heterocycles. The number of carbonyl (C=O) groups excluding carboxylic acids is 1. The lowest BCUT2D eigenvalue weighted by atomic mass is 10.1. The first kappa shape index (κ1) is 16.3. The molecule has 0 aliphatic rings. The highest BCUT2D eigenvalue weighted by atomic mass is 32.2. The molecule has 0 saturated heterocycles. The molecule has 0 spiro atoms. The summed E-state index contributed by atoms with van der Waals surface area (Å²) >= 11 is 1.71. The summed E-state index contributed by atoms with van der Waals surface area (Å²) in [4.78, 5) is 18.1. The van der Waals surface area contributed by atoms with Gasteiger partial charge in [0.2, 0.25) is 0 Å². The molecule has 3 rings (SSSR count). The lowest BCUT2D eigenvalue weighted by Gasteiger charge is -2.18. The Morgan fingerprint density at radius 1 is 0.917 bits per heavy atom. The summed E-state index contributed by atoms with van der Waals surface area (Å²) in [5.74, 6) is 0.638. The maximum atomic E-state index is 12.5. The van der Waals surface area contributed by atoms with Crippen molar-refractivity contribution in [2.24, 2.45) is 0 Å². The van der Waals surface area contributed by atoms with Gasteiger partial charge in [0.1, 0.15) is 0 Å². The van der Waals surface area contributed by atoms with Crippen LogP contribution >= 0.6 is 11.8 Å². The molecule has 0 unspecified atom stereocenters. The molecule has 120 valence electrons. The number of aromatic nitrogens is 1. The van der Waals surface area contributed by atoms with Gasteiger partial charge >= 0.3 is 0 Å². The van der Waals surface area contributed by atoms with Crippen molar-refractivity contribution in [3.8, 4) is 0 Å². The van der Waals surface area contributed by atoms with Crippen molar-refractivity contribution in [3.63, 3.8) is 0 Å². The van der Waals surface area contributed by atoms with Gasteiger partial charge in [0.05, 0.1) is 11.7 Å². The van der Waals surface area contributed by atoms with E-state index in [2.05, 4.69) is 22.4 Å². The van der Waals surface area contributed by atoms with Crippen LogP contribution < -0.4 is 5.32 Å². The molecule has 3 nitrogen and oxygen atoms in total. The summed E-state index contributed by atoms with van der Waals surface area (Å²) in [6.07, 6.45) is 1.75. The standard InChI is InChI=1S/C20H18N2OS/c23-20(16-9-3-1-4-10-16)22-19(18-13-7-8-14-21-18)15-24-17-11-5-2-6-12-17/h1-14,19H,15H2,(H,22,23)/t19-/m0/s1. The van der Waals surface area contributed by atoms with Crippen molar-refractivity contribution in [2.75, 3.05) is 5.75 Å². The molecule has 1 amide bonds. The van der Waals surface area contributed by atoms with E-state index in [-0.39, 0.29) is 11.9 Å². The van der Waals surface area contributed by atoms with Crippen LogP contribution in [0.1, 0.15) is 22.1 Å². The van der Waals surface area contributed by atoms with E-state index in [0.717, 1.165) is 11.4 Å². The normalized spacial score (nSPS) is 11.7. The number of amides is 1. The first-order valence-corrected chi connectivity index (χ1v) is 8.76. The van der Waals surface area contributed by atoms with Crippen molar-refractivity contribution in [2.45, 2.75) is 10.9 Å². The smallest absolute Gasteiger partial charge is 0.251 e. The molecule has 2 aromatic carbocycles. The van der Waals surface area contributed by atoms with Crippen LogP contribution in [0.5, 0.6) is 0 Å². The minimum atomic E-state index is -0.149. The van der Waals surface area contributed by atoms with E-state index in [1.54, 1.807) is 18.0 Å². The summed E-state index contributed by atoms with van der Waals surface area (Å²) in [6, 6.07) is 25.0. The second-order valence-electron chi connectivity index (χ2n) is 5.27. The average molecular weight is 334 g/mol. The van der Waals surface area contributed by atoms with Crippen molar-refractivity contribution >= 4 is 17.7 Å². The lowest BCUT2D eigenvalue weighted by molar-refractivity contribution is 0.0940. The number of hydrogen-bond acceptors (Lipinski definition) is 3. The van der Waals surface area contributed by atoms with E-state index in [9.17, 15) is 4.79 Å². The monoisotopic (exact) mass is 334 g/mol. The van der Waals surface area contributed by atoms with Gasteiger partial charge in [-0.05, 0) is 36.4 Å². The highest BCUT2D eigenvalue weighted by Crippen LogP contribution is 2.24. The average Bonchev–Trinajstić information content (AvgIpc) is 2.67. The third-order valence-corrected chi connectivity index (χ3v) is 4.65. The highest BCUT2D eigenvalue weighted by Gasteiger charge is 2.17. The van der Waals surface area contributed by atoms with E-state index in [1.807, 2.05) is 66.7 Å². The Kier molecular flexibility index (Phi) is 5.64. The number of hydrogen-bond donors (Lipinski definition) is 1. The Balaban J connectivity index is 1.74. The van der Waals surface area contributed by atoms with Gasteiger partial charge in [-0.2, -0.15) is 0 Å². The van der Waals surface area contributed by atoms with Crippen molar-refractivity contribution in [1.29, 1.82) is 0 Å². The van der Waals surface area contributed by atoms with Crippen LogP contribution in [0.3, 0.4) is 0 Å². The van der Waals surface area contributed by atoms with Crippen LogP contribution in [0, 0.1) is 0 Å². The van der Waals surface area contributed by atoms with Crippen molar-refractivity contribution in [1.82, 2.24) is 10.3 Å². The fraction of sp³-hybridized carbons (Fsp3) is 0.100. The van der Waals surface area contributed by atoms with E-state index in [0.29, 0.717) is 5.56 Å². The molecule has 24 heavy (non-hydrogen) atoms. The molecule has 0 aliphatic carbocycles. The van der Waals surface area contributed by atoms with Gasteiger partial charge in [0.15, 0.2) is 0 Å². The Morgan fingerprint density at radius 3 is 2.25 bits per heavy atom. The minimum Gasteiger partial charge on any atom is -0.343 e. The number of carbonyl (C=O) groups is 1. The molecule has 0 fully saturated rings. The van der Waals surface area contributed by atoms with Gasteiger partial charge in [-0.15, -0.1) is 11.8 Å². The van der Waals surface area contributed by atoms with E-state index < -0.39 is 0 Å².